The molecular formula is C14H14N2O2. The standard InChI is InChI=1S/C14H14N2O2/c1-16(2)14(17)11-6-5-7-12(10-11)18-13-8-3-4-9-15-13/h3-10H,1-2H3. The van der Waals surface area contributed by atoms with Gasteiger partial charge in [-0.05, 0) is 24.3 Å². The zero-order valence-corrected chi connectivity index (χ0v) is 10.3. The second-order valence-corrected chi connectivity index (χ2v) is 4.00. The van der Waals surface area contributed by atoms with Crippen molar-refractivity contribution < 1.29 is 9.53 Å². The third-order valence-electron chi connectivity index (χ3n) is 2.35. The summed E-state index contributed by atoms with van der Waals surface area (Å²) in [7, 11) is 3.43. The van der Waals surface area contributed by atoms with Crippen molar-refractivity contribution in [3.05, 3.63) is 54.2 Å². The number of carbonyl (C=O) groups is 1. The average Bonchev–Trinajstić information content (AvgIpc) is 2.39. The van der Waals surface area contributed by atoms with E-state index in [4.69, 9.17) is 4.74 Å². The van der Waals surface area contributed by atoms with Gasteiger partial charge in [0.2, 0.25) is 5.88 Å². The smallest absolute Gasteiger partial charge is 0.253 e. The van der Waals surface area contributed by atoms with Crippen LogP contribution in [0.4, 0.5) is 0 Å². The van der Waals surface area contributed by atoms with Crippen molar-refractivity contribution in [2.75, 3.05) is 14.1 Å². The molecule has 18 heavy (non-hydrogen) atoms. The zero-order valence-electron chi connectivity index (χ0n) is 10.3. The highest BCUT2D eigenvalue weighted by atomic mass is 16.5. The fraction of sp³-hybridized carbons (Fsp3) is 0.143. The Morgan fingerprint density at radius 3 is 2.67 bits per heavy atom. The van der Waals surface area contributed by atoms with Crippen LogP contribution in [0.5, 0.6) is 11.6 Å². The van der Waals surface area contributed by atoms with Gasteiger partial charge >= 0.3 is 0 Å². The van der Waals surface area contributed by atoms with Gasteiger partial charge in [-0.1, -0.05) is 12.1 Å². The van der Waals surface area contributed by atoms with Crippen LogP contribution in [-0.2, 0) is 0 Å². The summed E-state index contributed by atoms with van der Waals surface area (Å²) < 4.78 is 5.57. The van der Waals surface area contributed by atoms with E-state index in [9.17, 15) is 4.79 Å². The Bertz CT molecular complexity index is 539. The molecule has 0 saturated heterocycles. The second kappa shape index (κ2) is 5.31. The van der Waals surface area contributed by atoms with Gasteiger partial charge in [0.15, 0.2) is 0 Å². The molecular weight excluding hydrogens is 228 g/mol. The van der Waals surface area contributed by atoms with Gasteiger partial charge in [0.1, 0.15) is 5.75 Å². The Hall–Kier alpha value is -2.36. The largest absolute Gasteiger partial charge is 0.439 e. The maximum Gasteiger partial charge on any atom is 0.253 e. The number of pyridine rings is 1. The van der Waals surface area contributed by atoms with Crippen LogP contribution in [0.25, 0.3) is 0 Å². The highest BCUT2D eigenvalue weighted by Crippen LogP contribution is 2.20. The summed E-state index contributed by atoms with van der Waals surface area (Å²) in [6.07, 6.45) is 1.66. The molecule has 4 heteroatoms. The molecule has 0 spiro atoms. The first-order valence-corrected chi connectivity index (χ1v) is 5.57. The number of amides is 1. The normalized spacial score (nSPS) is 9.89. The molecule has 1 aromatic heterocycles. The number of nitrogens with zero attached hydrogens (tertiary/aromatic N) is 2. The van der Waals surface area contributed by atoms with Crippen molar-refractivity contribution in [2.45, 2.75) is 0 Å². The Kier molecular flexibility index (Phi) is 3.57. The number of aromatic nitrogens is 1. The third kappa shape index (κ3) is 2.85. The van der Waals surface area contributed by atoms with E-state index in [0.717, 1.165) is 0 Å². The minimum Gasteiger partial charge on any atom is -0.439 e. The summed E-state index contributed by atoms with van der Waals surface area (Å²) in [5.41, 5.74) is 0.591. The van der Waals surface area contributed by atoms with Crippen molar-refractivity contribution >= 4 is 5.91 Å². The van der Waals surface area contributed by atoms with Crippen molar-refractivity contribution in [1.29, 1.82) is 0 Å². The van der Waals surface area contributed by atoms with E-state index >= 15 is 0 Å². The van der Waals surface area contributed by atoms with Gasteiger partial charge < -0.3 is 9.64 Å². The maximum absolute atomic E-state index is 11.8. The molecule has 2 aromatic rings. The predicted molar refractivity (Wildman–Crippen MR) is 68.8 cm³/mol. The molecule has 4 nitrogen and oxygen atoms in total. The van der Waals surface area contributed by atoms with Gasteiger partial charge in [0.05, 0.1) is 0 Å². The molecule has 0 radical (unpaired) electrons. The minimum atomic E-state index is -0.0542. The Labute approximate surface area is 106 Å². The third-order valence-corrected chi connectivity index (χ3v) is 2.35. The van der Waals surface area contributed by atoms with E-state index < -0.39 is 0 Å². The molecule has 0 unspecified atom stereocenters. The van der Waals surface area contributed by atoms with Gasteiger partial charge in [-0.2, -0.15) is 0 Å². The van der Waals surface area contributed by atoms with Crippen molar-refractivity contribution in [1.82, 2.24) is 9.88 Å². The first-order chi connectivity index (χ1) is 8.66. The van der Waals surface area contributed by atoms with Gasteiger partial charge in [-0.3, -0.25) is 4.79 Å². The fourth-order valence-corrected chi connectivity index (χ4v) is 1.48. The fourth-order valence-electron chi connectivity index (χ4n) is 1.48. The van der Waals surface area contributed by atoms with Crippen LogP contribution < -0.4 is 4.74 Å². The van der Waals surface area contributed by atoms with Gasteiger partial charge in [-0.25, -0.2) is 4.98 Å². The average molecular weight is 242 g/mol. The number of carbonyl (C=O) groups excluding carboxylic acids is 1. The Morgan fingerprint density at radius 2 is 2.00 bits per heavy atom. The quantitative estimate of drug-likeness (QED) is 0.830. The molecule has 0 fully saturated rings. The second-order valence-electron chi connectivity index (χ2n) is 4.00. The molecule has 1 amide bonds. The van der Waals surface area contributed by atoms with Crippen LogP contribution >= 0.6 is 0 Å². The van der Waals surface area contributed by atoms with Crippen LogP contribution in [0, 0.1) is 0 Å². The van der Waals surface area contributed by atoms with Crippen molar-refractivity contribution in [3.8, 4) is 11.6 Å². The van der Waals surface area contributed by atoms with Gasteiger partial charge in [0.25, 0.3) is 5.91 Å². The van der Waals surface area contributed by atoms with E-state index in [1.54, 1.807) is 50.6 Å². The molecule has 0 saturated carbocycles. The summed E-state index contributed by atoms with van der Waals surface area (Å²) in [4.78, 5) is 17.4. The maximum atomic E-state index is 11.8. The van der Waals surface area contributed by atoms with E-state index in [0.29, 0.717) is 17.2 Å². The lowest BCUT2D eigenvalue weighted by Gasteiger charge is -2.11. The minimum absolute atomic E-state index is 0.0542. The molecule has 0 atom stereocenters. The number of hydrogen-bond acceptors (Lipinski definition) is 3. The molecule has 0 aliphatic carbocycles. The van der Waals surface area contributed by atoms with Crippen LogP contribution in [0.3, 0.4) is 0 Å². The van der Waals surface area contributed by atoms with Gasteiger partial charge in [-0.15, -0.1) is 0 Å². The van der Waals surface area contributed by atoms with Crippen molar-refractivity contribution in [2.24, 2.45) is 0 Å². The topological polar surface area (TPSA) is 42.4 Å². The van der Waals surface area contributed by atoms with Gasteiger partial charge in [0, 0.05) is 31.9 Å². The number of rotatable bonds is 3. The van der Waals surface area contributed by atoms with Crippen LogP contribution in [0.1, 0.15) is 10.4 Å². The van der Waals surface area contributed by atoms with Crippen LogP contribution in [-0.4, -0.2) is 29.9 Å². The van der Waals surface area contributed by atoms with E-state index in [1.807, 2.05) is 12.1 Å². The monoisotopic (exact) mass is 242 g/mol. The lowest BCUT2D eigenvalue weighted by atomic mass is 10.2. The lowest BCUT2D eigenvalue weighted by molar-refractivity contribution is 0.0827. The molecule has 0 aliphatic rings. The first kappa shape index (κ1) is 12.1. The summed E-state index contributed by atoms with van der Waals surface area (Å²) >= 11 is 0. The molecule has 0 aliphatic heterocycles. The molecule has 1 aromatic carbocycles. The Balaban J connectivity index is 2.20. The van der Waals surface area contributed by atoms with E-state index in [1.165, 1.54) is 4.90 Å². The summed E-state index contributed by atoms with van der Waals surface area (Å²) in [5.74, 6) is 1.05. The predicted octanol–water partition coefficient (Wildman–Crippen LogP) is 2.58. The molecule has 0 bridgehead atoms. The number of hydrogen-bond donors (Lipinski definition) is 0. The number of ether oxygens (including phenoxy) is 1. The lowest BCUT2D eigenvalue weighted by Crippen LogP contribution is -2.21. The summed E-state index contributed by atoms with van der Waals surface area (Å²) in [5, 5.41) is 0. The van der Waals surface area contributed by atoms with Crippen LogP contribution in [0.15, 0.2) is 48.7 Å². The van der Waals surface area contributed by atoms with Crippen LogP contribution in [0.2, 0.25) is 0 Å². The summed E-state index contributed by atoms with van der Waals surface area (Å²) in [6, 6.07) is 12.5. The molecule has 0 N–H and O–H groups in total. The molecule has 1 heterocycles. The molecule has 92 valence electrons. The van der Waals surface area contributed by atoms with Crippen molar-refractivity contribution in [3.63, 3.8) is 0 Å². The first-order valence-electron chi connectivity index (χ1n) is 5.57. The Morgan fingerprint density at radius 1 is 1.17 bits per heavy atom. The highest BCUT2D eigenvalue weighted by Gasteiger charge is 2.08. The number of benzene rings is 1. The van der Waals surface area contributed by atoms with E-state index in [-0.39, 0.29) is 5.91 Å². The SMILES string of the molecule is CN(C)C(=O)c1cccc(Oc2ccccn2)c1. The summed E-state index contributed by atoms with van der Waals surface area (Å²) in [6.45, 7) is 0. The van der Waals surface area contributed by atoms with E-state index in [2.05, 4.69) is 4.98 Å². The zero-order chi connectivity index (χ0) is 13.0. The molecule has 2 rings (SSSR count). The highest BCUT2D eigenvalue weighted by molar-refractivity contribution is 5.94.